The predicted molar refractivity (Wildman–Crippen MR) is 139 cm³/mol. The number of ether oxygens (including phenoxy) is 1. The number of nitrogens with zero attached hydrogens (tertiary/aromatic N) is 1. The minimum absolute atomic E-state index is 0.0694. The van der Waals surface area contributed by atoms with E-state index in [1.165, 1.54) is 19.2 Å². The van der Waals surface area contributed by atoms with Gasteiger partial charge in [0, 0.05) is 10.0 Å². The minimum atomic E-state index is -1.35. The summed E-state index contributed by atoms with van der Waals surface area (Å²) in [6, 6.07) is 17.3. The average Bonchev–Trinajstić information content (AvgIpc) is 3.34. The molecule has 5 rings (SSSR count). The van der Waals surface area contributed by atoms with Crippen molar-refractivity contribution >= 4 is 69.9 Å². The summed E-state index contributed by atoms with van der Waals surface area (Å²) in [4.78, 5) is 42.1. The zero-order valence-electron chi connectivity index (χ0n) is 18.7. The summed E-state index contributed by atoms with van der Waals surface area (Å²) >= 11 is 25.5. The molecule has 0 bridgehead atoms. The first-order valence-corrected chi connectivity index (χ1v) is 12.4. The van der Waals surface area contributed by atoms with Gasteiger partial charge >= 0.3 is 5.97 Å². The highest BCUT2D eigenvalue weighted by atomic mass is 35.5. The van der Waals surface area contributed by atoms with Crippen molar-refractivity contribution < 1.29 is 19.1 Å². The number of amides is 2. The zero-order valence-corrected chi connectivity index (χ0v) is 21.7. The number of rotatable bonds is 4. The van der Waals surface area contributed by atoms with Crippen LogP contribution in [0.1, 0.15) is 11.1 Å². The topological polar surface area (TPSA) is 75.7 Å². The second kappa shape index (κ2) is 9.36. The molecular formula is C26H18Cl4N2O4. The molecular weight excluding hydrogens is 546 g/mol. The molecule has 0 unspecified atom stereocenters. The van der Waals surface area contributed by atoms with Crippen LogP contribution in [-0.2, 0) is 24.7 Å². The van der Waals surface area contributed by atoms with Gasteiger partial charge in [0.25, 0.3) is 0 Å². The Hall–Kier alpha value is -2.61. The normalized spacial score (nSPS) is 22.6. The van der Waals surface area contributed by atoms with Crippen LogP contribution in [0.5, 0.6) is 0 Å². The number of imide groups is 1. The van der Waals surface area contributed by atoms with Crippen LogP contribution in [-0.4, -0.2) is 30.9 Å². The largest absolute Gasteiger partial charge is 0.468 e. The first-order chi connectivity index (χ1) is 17.2. The summed E-state index contributed by atoms with van der Waals surface area (Å²) in [6.45, 7) is 0. The van der Waals surface area contributed by atoms with Gasteiger partial charge in [-0.1, -0.05) is 76.7 Å². The molecule has 184 valence electrons. The third-order valence-corrected chi connectivity index (χ3v) is 7.82. The lowest BCUT2D eigenvalue weighted by molar-refractivity contribution is -0.145. The van der Waals surface area contributed by atoms with E-state index in [1.54, 1.807) is 54.6 Å². The molecule has 2 fully saturated rings. The molecule has 1 N–H and O–H groups in total. The monoisotopic (exact) mass is 562 g/mol. The molecule has 3 aromatic carbocycles. The summed E-state index contributed by atoms with van der Waals surface area (Å²) in [5, 5.41) is 4.36. The third-order valence-electron chi connectivity index (χ3n) is 6.74. The maximum Gasteiger partial charge on any atom is 0.323 e. The maximum atomic E-state index is 14.2. The van der Waals surface area contributed by atoms with Gasteiger partial charge in [-0.2, -0.15) is 0 Å². The molecule has 0 spiro atoms. The number of para-hydroxylation sites is 1. The van der Waals surface area contributed by atoms with Gasteiger partial charge in [-0.15, -0.1) is 0 Å². The molecule has 2 amide bonds. The number of carbonyl (C=O) groups is 3. The highest BCUT2D eigenvalue weighted by molar-refractivity contribution is 6.42. The Morgan fingerprint density at radius 3 is 1.89 bits per heavy atom. The number of hydrogen-bond acceptors (Lipinski definition) is 5. The van der Waals surface area contributed by atoms with Gasteiger partial charge in [0.15, 0.2) is 0 Å². The number of hydrogen-bond donors (Lipinski definition) is 1. The van der Waals surface area contributed by atoms with Crippen LogP contribution in [0.4, 0.5) is 5.69 Å². The summed E-state index contributed by atoms with van der Waals surface area (Å²) in [5.74, 6) is -4.06. The molecule has 6 nitrogen and oxygen atoms in total. The van der Waals surface area contributed by atoms with E-state index in [0.29, 0.717) is 21.2 Å². The molecule has 2 aliphatic heterocycles. The van der Waals surface area contributed by atoms with Crippen LogP contribution in [0.2, 0.25) is 20.1 Å². The summed E-state index contributed by atoms with van der Waals surface area (Å²) < 4.78 is 5.04. The number of benzene rings is 3. The van der Waals surface area contributed by atoms with Crippen LogP contribution in [0.15, 0.2) is 66.7 Å². The van der Waals surface area contributed by atoms with E-state index < -0.39 is 41.2 Å². The van der Waals surface area contributed by atoms with Crippen molar-refractivity contribution in [1.82, 2.24) is 5.32 Å². The van der Waals surface area contributed by atoms with E-state index in [-0.39, 0.29) is 15.7 Å². The van der Waals surface area contributed by atoms with Crippen LogP contribution in [0.3, 0.4) is 0 Å². The molecule has 2 aliphatic rings. The predicted octanol–water partition coefficient (Wildman–Crippen LogP) is 5.49. The number of esters is 1. The summed E-state index contributed by atoms with van der Waals surface area (Å²) in [7, 11) is 1.22. The second-order valence-corrected chi connectivity index (χ2v) is 10.2. The van der Waals surface area contributed by atoms with Crippen LogP contribution in [0.25, 0.3) is 0 Å². The lowest BCUT2D eigenvalue weighted by Crippen LogP contribution is -2.52. The first kappa shape index (κ1) is 25.1. The van der Waals surface area contributed by atoms with E-state index in [4.69, 9.17) is 51.1 Å². The minimum Gasteiger partial charge on any atom is -0.468 e. The fourth-order valence-electron chi connectivity index (χ4n) is 5.32. The second-order valence-electron chi connectivity index (χ2n) is 8.56. The molecule has 0 aromatic heterocycles. The summed E-state index contributed by atoms with van der Waals surface area (Å²) in [6.07, 6.45) is 0. The highest BCUT2D eigenvalue weighted by Gasteiger charge is 2.68. The van der Waals surface area contributed by atoms with Gasteiger partial charge in [-0.3, -0.25) is 19.7 Å². The molecule has 10 heteroatoms. The fourth-order valence-corrected chi connectivity index (χ4v) is 6.27. The van der Waals surface area contributed by atoms with Gasteiger partial charge in [0.2, 0.25) is 11.8 Å². The quantitative estimate of drug-likeness (QED) is 0.335. The van der Waals surface area contributed by atoms with E-state index in [1.807, 2.05) is 0 Å². The average molecular weight is 564 g/mol. The Morgan fingerprint density at radius 2 is 1.39 bits per heavy atom. The van der Waals surface area contributed by atoms with Crippen molar-refractivity contribution in [3.63, 3.8) is 0 Å². The third kappa shape index (κ3) is 3.71. The van der Waals surface area contributed by atoms with Gasteiger partial charge in [0.05, 0.1) is 40.2 Å². The Labute approximate surface area is 227 Å². The summed E-state index contributed by atoms with van der Waals surface area (Å²) in [5.41, 5.74) is -0.132. The van der Waals surface area contributed by atoms with Gasteiger partial charge in [0.1, 0.15) is 6.04 Å². The van der Waals surface area contributed by atoms with Crippen molar-refractivity contribution in [3.8, 4) is 0 Å². The smallest absolute Gasteiger partial charge is 0.323 e. The number of nitrogens with one attached hydrogen (secondary N) is 1. The number of fused-ring (bicyclic) bond motifs is 1. The van der Waals surface area contributed by atoms with Crippen molar-refractivity contribution in [2.75, 3.05) is 12.0 Å². The lowest BCUT2D eigenvalue weighted by atomic mass is 9.71. The molecule has 0 aliphatic carbocycles. The molecule has 3 aromatic rings. The highest BCUT2D eigenvalue weighted by Crippen LogP contribution is 2.54. The fraction of sp³-hybridized carbons (Fsp3) is 0.192. The maximum absolute atomic E-state index is 14.2. The number of carbonyl (C=O) groups excluding carboxylic acids is 3. The van der Waals surface area contributed by atoms with Crippen molar-refractivity contribution in [2.24, 2.45) is 11.8 Å². The Morgan fingerprint density at radius 1 is 0.861 bits per heavy atom. The number of methoxy groups -OCH3 is 1. The molecule has 0 radical (unpaired) electrons. The molecule has 0 saturated carbocycles. The van der Waals surface area contributed by atoms with E-state index in [2.05, 4.69) is 5.32 Å². The van der Waals surface area contributed by atoms with Crippen molar-refractivity contribution in [1.29, 1.82) is 0 Å². The van der Waals surface area contributed by atoms with Crippen LogP contribution >= 0.6 is 46.4 Å². The van der Waals surface area contributed by atoms with E-state index in [0.717, 1.165) is 4.90 Å². The molecule has 36 heavy (non-hydrogen) atoms. The van der Waals surface area contributed by atoms with E-state index in [9.17, 15) is 14.4 Å². The van der Waals surface area contributed by atoms with E-state index >= 15 is 0 Å². The Balaban J connectivity index is 1.81. The van der Waals surface area contributed by atoms with Gasteiger partial charge < -0.3 is 4.74 Å². The molecule has 2 heterocycles. The molecule has 3 atom stereocenters. The number of halogens is 4. The number of anilines is 1. The SMILES string of the molecule is COC(=O)[C@@H]1NC(c2cccc(Cl)c2)(c2cccc(Cl)c2)[C@@H]2C(=O)N(c3c(Cl)cccc3Cl)C(=O)[C@H]21. The Bertz CT molecular complexity index is 1350. The van der Waals surface area contributed by atoms with Crippen molar-refractivity contribution in [2.45, 2.75) is 11.6 Å². The standard InChI is InChI=1S/C26H18Cl4N2O4/c1-36-25(35)21-19-20(24(34)32(23(19)33)22-17(29)9-4-10-18(22)30)26(31-21,13-5-2-7-15(27)11-13)14-6-3-8-16(28)12-14/h2-12,19-21,31H,1H3/t19-,20+,21-/m1/s1. The van der Waals surface area contributed by atoms with Crippen molar-refractivity contribution in [3.05, 3.63) is 97.9 Å². The van der Waals surface area contributed by atoms with Gasteiger partial charge in [-0.05, 0) is 47.5 Å². The van der Waals surface area contributed by atoms with Crippen LogP contribution < -0.4 is 10.2 Å². The van der Waals surface area contributed by atoms with Gasteiger partial charge in [-0.25, -0.2) is 4.90 Å². The Kier molecular flexibility index (Phi) is 6.52. The first-order valence-electron chi connectivity index (χ1n) is 10.9. The lowest BCUT2D eigenvalue weighted by Gasteiger charge is -2.36. The molecule has 2 saturated heterocycles. The van der Waals surface area contributed by atoms with Crippen LogP contribution in [0, 0.1) is 11.8 Å². The zero-order chi connectivity index (χ0) is 25.8.